The molecule has 2 N–H and O–H groups in total. The van der Waals surface area contributed by atoms with Gasteiger partial charge in [-0.15, -0.1) is 0 Å². The molecule has 0 saturated carbocycles. The summed E-state index contributed by atoms with van der Waals surface area (Å²) in [6, 6.07) is 8.65. The molecule has 0 radical (unpaired) electrons. The fraction of sp³-hybridized carbons (Fsp3) is 0.286. The van der Waals surface area contributed by atoms with Crippen LogP contribution in [-0.4, -0.2) is 50.4 Å². The van der Waals surface area contributed by atoms with E-state index in [9.17, 15) is 0 Å². The number of H-pyrrole nitrogens is 1. The molecule has 0 bridgehead atoms. The fourth-order valence-electron chi connectivity index (χ4n) is 4.00. The highest BCUT2D eigenvalue weighted by molar-refractivity contribution is 6.30. The molecule has 1 saturated heterocycles. The van der Waals surface area contributed by atoms with Gasteiger partial charge in [-0.3, -0.25) is 14.4 Å². The van der Waals surface area contributed by atoms with E-state index in [1.165, 1.54) is 37.9 Å². The molecule has 1 aliphatic rings. The van der Waals surface area contributed by atoms with Gasteiger partial charge in [-0.25, -0.2) is 9.97 Å². The molecule has 1 aliphatic heterocycles. The number of hydrogen-bond acceptors (Lipinski definition) is 5. The first-order valence-corrected chi connectivity index (χ1v) is 10.2. The molecule has 146 valence electrons. The van der Waals surface area contributed by atoms with Crippen LogP contribution in [0, 0.1) is 0 Å². The third kappa shape index (κ3) is 3.76. The number of aromatic nitrogens is 5. The van der Waals surface area contributed by atoms with Gasteiger partial charge in [-0.1, -0.05) is 18.6 Å². The quantitative estimate of drug-likeness (QED) is 0.515. The number of likely N-dealkylation sites (tertiary alicyclic amines) is 1. The summed E-state index contributed by atoms with van der Waals surface area (Å²) in [6.07, 6.45) is 11.5. The van der Waals surface area contributed by atoms with Crippen LogP contribution in [0.15, 0.2) is 49.1 Å². The predicted molar refractivity (Wildman–Crippen MR) is 118 cm³/mol. The summed E-state index contributed by atoms with van der Waals surface area (Å²) in [6.45, 7) is 3.45. The van der Waals surface area contributed by atoms with Crippen molar-refractivity contribution in [2.24, 2.45) is 0 Å². The minimum atomic E-state index is 0.753. The first-order chi connectivity index (χ1) is 14.3. The van der Waals surface area contributed by atoms with Crippen molar-refractivity contribution in [3.8, 4) is 11.3 Å². The van der Waals surface area contributed by atoms with Crippen molar-refractivity contribution in [1.82, 2.24) is 29.5 Å². The molecule has 8 heteroatoms. The van der Waals surface area contributed by atoms with Crippen LogP contribution in [0.2, 0.25) is 0 Å². The average Bonchev–Trinajstić information content (AvgIpc) is 3.40. The molecule has 4 aromatic rings. The Morgan fingerprint density at radius 2 is 1.90 bits per heavy atom. The molecule has 29 heavy (non-hydrogen) atoms. The molecule has 0 spiro atoms. The average molecular weight is 385 g/mol. The summed E-state index contributed by atoms with van der Waals surface area (Å²) < 4.78 is 2.06. The van der Waals surface area contributed by atoms with E-state index in [2.05, 4.69) is 59.0 Å². The Morgan fingerprint density at radius 1 is 1.07 bits per heavy atom. The molecular weight excluding hydrogens is 361 g/mol. The Morgan fingerprint density at radius 3 is 2.66 bits per heavy atom. The number of fused-ring (bicyclic) bond motifs is 1. The highest BCUT2D eigenvalue weighted by Crippen LogP contribution is 2.24. The van der Waals surface area contributed by atoms with E-state index in [0.717, 1.165) is 40.5 Å². The Kier molecular flexibility index (Phi) is 4.77. The lowest BCUT2D eigenvalue weighted by Crippen LogP contribution is -2.29. The number of nitrogens with zero attached hydrogens (tertiary/aromatic N) is 5. The standard InChI is InChI=1S/C21H24BN7/c22-19-14-29-18(16-10-24-25-11-16)12-23-21(29)20(27-19)26-17-6-4-15(5-7-17)13-28-8-2-1-3-9-28/h4-7,10-12,14H,1-3,8-9,13,22H2,(H,24,25)(H,26,27). The van der Waals surface area contributed by atoms with Crippen LogP contribution >= 0.6 is 0 Å². The summed E-state index contributed by atoms with van der Waals surface area (Å²) in [5.74, 6) is 0.753. The van der Waals surface area contributed by atoms with E-state index >= 15 is 0 Å². The van der Waals surface area contributed by atoms with E-state index in [-0.39, 0.29) is 0 Å². The molecule has 0 amide bonds. The van der Waals surface area contributed by atoms with Crippen molar-refractivity contribution in [2.45, 2.75) is 25.8 Å². The maximum atomic E-state index is 4.68. The Labute approximate surface area is 170 Å². The Bertz CT molecular complexity index is 1100. The molecule has 5 rings (SSSR count). The maximum absolute atomic E-state index is 4.68. The summed E-state index contributed by atoms with van der Waals surface area (Å²) in [5, 5.41) is 10.4. The third-order valence-electron chi connectivity index (χ3n) is 5.48. The minimum Gasteiger partial charge on any atom is -0.337 e. The third-order valence-corrected chi connectivity index (χ3v) is 5.48. The smallest absolute Gasteiger partial charge is 0.180 e. The lowest BCUT2D eigenvalue weighted by molar-refractivity contribution is 0.221. The van der Waals surface area contributed by atoms with E-state index in [0.29, 0.717) is 0 Å². The molecule has 3 aromatic heterocycles. The number of anilines is 2. The zero-order valence-corrected chi connectivity index (χ0v) is 16.6. The van der Waals surface area contributed by atoms with Crippen LogP contribution in [0.25, 0.3) is 16.9 Å². The first kappa shape index (κ1) is 17.9. The molecule has 0 atom stereocenters. The van der Waals surface area contributed by atoms with Crippen LogP contribution in [0.3, 0.4) is 0 Å². The van der Waals surface area contributed by atoms with Gasteiger partial charge in [0.05, 0.1) is 18.1 Å². The summed E-state index contributed by atoms with van der Waals surface area (Å²) >= 11 is 0. The second kappa shape index (κ2) is 7.71. The van der Waals surface area contributed by atoms with Crippen LogP contribution in [0.5, 0.6) is 0 Å². The minimum absolute atomic E-state index is 0.753. The van der Waals surface area contributed by atoms with Gasteiger partial charge in [0.25, 0.3) is 0 Å². The van der Waals surface area contributed by atoms with Gasteiger partial charge in [0.2, 0.25) is 0 Å². The van der Waals surface area contributed by atoms with E-state index < -0.39 is 0 Å². The van der Waals surface area contributed by atoms with Crippen molar-refractivity contribution in [3.05, 3.63) is 54.6 Å². The van der Waals surface area contributed by atoms with Gasteiger partial charge in [0, 0.05) is 35.8 Å². The van der Waals surface area contributed by atoms with Gasteiger partial charge in [0.15, 0.2) is 19.3 Å². The van der Waals surface area contributed by atoms with Crippen molar-refractivity contribution < 1.29 is 0 Å². The topological polar surface area (TPSA) is 74.1 Å². The predicted octanol–water partition coefficient (Wildman–Crippen LogP) is 2.11. The van der Waals surface area contributed by atoms with Gasteiger partial charge >= 0.3 is 0 Å². The summed E-state index contributed by atoms with van der Waals surface area (Å²) in [4.78, 5) is 11.8. The second-order valence-electron chi connectivity index (χ2n) is 7.71. The number of hydrogen-bond donors (Lipinski definition) is 2. The molecule has 7 nitrogen and oxygen atoms in total. The van der Waals surface area contributed by atoms with Crippen molar-refractivity contribution in [1.29, 1.82) is 0 Å². The molecule has 0 aliphatic carbocycles. The summed E-state index contributed by atoms with van der Waals surface area (Å²) in [7, 11) is 1.99. The van der Waals surface area contributed by atoms with Crippen LogP contribution in [0.1, 0.15) is 24.8 Å². The lowest BCUT2D eigenvalue weighted by Gasteiger charge is -2.26. The SMILES string of the molecule is Bc1cn2c(-c3cn[nH]c3)cnc2c(Nc2ccc(CN3CCCCC3)cc2)n1. The number of nitrogens with one attached hydrogen (secondary N) is 2. The van der Waals surface area contributed by atoms with Crippen LogP contribution in [0.4, 0.5) is 11.5 Å². The highest BCUT2D eigenvalue weighted by Gasteiger charge is 2.13. The number of piperidine rings is 1. The highest BCUT2D eigenvalue weighted by atomic mass is 15.1. The molecule has 4 heterocycles. The van der Waals surface area contributed by atoms with Crippen molar-refractivity contribution in [3.63, 3.8) is 0 Å². The number of imidazole rings is 1. The zero-order chi connectivity index (χ0) is 19.6. The number of rotatable bonds is 5. The Hall–Kier alpha value is -3.13. The maximum Gasteiger partial charge on any atom is 0.180 e. The lowest BCUT2D eigenvalue weighted by atomic mass is 10.1. The second-order valence-corrected chi connectivity index (χ2v) is 7.71. The Balaban J connectivity index is 1.38. The van der Waals surface area contributed by atoms with Crippen molar-refractivity contribution in [2.75, 3.05) is 18.4 Å². The molecule has 0 unspecified atom stereocenters. The fourth-order valence-corrected chi connectivity index (χ4v) is 4.00. The van der Waals surface area contributed by atoms with Gasteiger partial charge < -0.3 is 5.32 Å². The normalized spacial score (nSPS) is 15.0. The molecule has 1 aromatic carbocycles. The summed E-state index contributed by atoms with van der Waals surface area (Å²) in [5.41, 5.74) is 6.06. The van der Waals surface area contributed by atoms with E-state index in [1.807, 2.05) is 26.4 Å². The van der Waals surface area contributed by atoms with Crippen LogP contribution in [-0.2, 0) is 6.54 Å². The molecule has 1 fully saturated rings. The number of benzene rings is 1. The van der Waals surface area contributed by atoms with E-state index in [4.69, 9.17) is 0 Å². The van der Waals surface area contributed by atoms with Gasteiger partial charge in [-0.05, 0) is 43.6 Å². The van der Waals surface area contributed by atoms with E-state index in [1.54, 1.807) is 6.20 Å². The van der Waals surface area contributed by atoms with Crippen LogP contribution < -0.4 is 10.9 Å². The largest absolute Gasteiger partial charge is 0.337 e. The first-order valence-electron chi connectivity index (χ1n) is 10.2. The van der Waals surface area contributed by atoms with Crippen molar-refractivity contribution >= 4 is 30.6 Å². The number of aromatic amines is 1. The molecular formula is C21H24BN7. The monoisotopic (exact) mass is 385 g/mol. The van der Waals surface area contributed by atoms with Gasteiger partial charge in [-0.2, -0.15) is 5.10 Å². The van der Waals surface area contributed by atoms with Gasteiger partial charge in [0.1, 0.15) is 0 Å². The zero-order valence-electron chi connectivity index (χ0n) is 16.6.